The van der Waals surface area contributed by atoms with Crippen LogP contribution in [-0.2, 0) is 14.3 Å². The van der Waals surface area contributed by atoms with Gasteiger partial charge in [0.25, 0.3) is 11.8 Å². The van der Waals surface area contributed by atoms with Gasteiger partial charge in [0, 0.05) is 11.3 Å². The summed E-state index contributed by atoms with van der Waals surface area (Å²) in [6.45, 7) is 2.90. The van der Waals surface area contributed by atoms with E-state index >= 15 is 0 Å². The molecule has 0 spiro atoms. The number of nitrogens with one attached hydrogen (secondary N) is 2. The van der Waals surface area contributed by atoms with Crippen molar-refractivity contribution in [2.75, 3.05) is 11.9 Å². The molecule has 7 heteroatoms. The quantitative estimate of drug-likeness (QED) is 0.777. The van der Waals surface area contributed by atoms with E-state index in [-0.39, 0.29) is 6.54 Å². The lowest BCUT2D eigenvalue weighted by molar-refractivity contribution is -0.152. The molecule has 0 aliphatic rings. The van der Waals surface area contributed by atoms with Crippen LogP contribution in [0.15, 0.2) is 48.5 Å². The van der Waals surface area contributed by atoms with Gasteiger partial charge >= 0.3 is 5.97 Å². The Balaban J connectivity index is 1.80. The number of hydrogen-bond donors (Lipinski definition) is 2. The molecule has 2 amide bonds. The molecule has 0 saturated heterocycles. The molecule has 2 N–H and O–H groups in total. The third-order valence-corrected chi connectivity index (χ3v) is 3.46. The summed E-state index contributed by atoms with van der Waals surface area (Å²) in [6.07, 6.45) is -1.07. The van der Waals surface area contributed by atoms with E-state index in [0.29, 0.717) is 11.3 Å². The Morgan fingerprint density at radius 1 is 1.12 bits per heavy atom. The first-order valence-corrected chi connectivity index (χ1v) is 7.96. The highest BCUT2D eigenvalue weighted by molar-refractivity contribution is 5.97. The minimum absolute atomic E-state index is 0.360. The zero-order valence-corrected chi connectivity index (χ0v) is 14.4. The number of benzene rings is 2. The van der Waals surface area contributed by atoms with E-state index in [9.17, 15) is 18.8 Å². The van der Waals surface area contributed by atoms with Crippen LogP contribution in [0.5, 0.6) is 0 Å². The molecule has 1 atom stereocenters. The number of aryl methyl sites for hydroxylation is 1. The molecule has 0 bridgehead atoms. The van der Waals surface area contributed by atoms with Crippen LogP contribution in [0, 0.1) is 12.7 Å². The van der Waals surface area contributed by atoms with Crippen LogP contribution in [0.3, 0.4) is 0 Å². The van der Waals surface area contributed by atoms with E-state index in [4.69, 9.17) is 4.74 Å². The smallest absolute Gasteiger partial charge is 0.326 e. The monoisotopic (exact) mass is 358 g/mol. The Morgan fingerprint density at radius 2 is 1.81 bits per heavy atom. The highest BCUT2D eigenvalue weighted by Gasteiger charge is 2.18. The number of carbonyl (C=O) groups excluding carboxylic acids is 3. The van der Waals surface area contributed by atoms with Gasteiger partial charge < -0.3 is 15.4 Å². The van der Waals surface area contributed by atoms with Crippen molar-refractivity contribution in [3.63, 3.8) is 0 Å². The van der Waals surface area contributed by atoms with Gasteiger partial charge in [-0.1, -0.05) is 17.7 Å². The normalized spacial score (nSPS) is 11.3. The number of carbonyl (C=O) groups is 3. The predicted molar refractivity (Wildman–Crippen MR) is 94.1 cm³/mol. The number of ether oxygens (including phenoxy) is 1. The Kier molecular flexibility index (Phi) is 6.43. The highest BCUT2D eigenvalue weighted by Crippen LogP contribution is 2.09. The van der Waals surface area contributed by atoms with Crippen molar-refractivity contribution in [1.82, 2.24) is 5.32 Å². The molecular formula is C19H19FN2O4. The fourth-order valence-corrected chi connectivity index (χ4v) is 2.11. The van der Waals surface area contributed by atoms with E-state index in [2.05, 4.69) is 10.6 Å². The van der Waals surface area contributed by atoms with Gasteiger partial charge in [-0.05, 0) is 50.2 Å². The molecule has 0 aliphatic carbocycles. The molecule has 2 aromatic carbocycles. The topological polar surface area (TPSA) is 84.5 Å². The van der Waals surface area contributed by atoms with Crippen LogP contribution in [0.4, 0.5) is 10.1 Å². The first-order chi connectivity index (χ1) is 12.3. The Labute approximate surface area is 150 Å². The summed E-state index contributed by atoms with van der Waals surface area (Å²) in [5.41, 5.74) is 1.73. The molecule has 0 fully saturated rings. The zero-order valence-electron chi connectivity index (χ0n) is 14.4. The molecular weight excluding hydrogens is 339 g/mol. The number of esters is 1. The van der Waals surface area contributed by atoms with Crippen molar-refractivity contribution >= 4 is 23.5 Å². The Hall–Kier alpha value is -3.22. The maximum atomic E-state index is 12.8. The van der Waals surface area contributed by atoms with Gasteiger partial charge in [-0.25, -0.2) is 4.39 Å². The predicted octanol–water partition coefficient (Wildman–Crippen LogP) is 2.43. The van der Waals surface area contributed by atoms with Gasteiger partial charge in [0.05, 0.1) is 0 Å². The van der Waals surface area contributed by atoms with Crippen LogP contribution in [0.1, 0.15) is 22.8 Å². The second-order valence-corrected chi connectivity index (χ2v) is 5.68. The Bertz CT molecular complexity index is 805. The standard InChI is InChI=1S/C19H19FN2O4/c1-12-4-3-5-14(10-12)19(25)21-11-17(23)26-13(2)18(24)22-16-8-6-15(20)7-9-16/h3-10,13H,11H2,1-2H3,(H,21,25)(H,22,24)/t13-/m1/s1. The van der Waals surface area contributed by atoms with Gasteiger partial charge in [0.2, 0.25) is 0 Å². The maximum absolute atomic E-state index is 12.8. The fourth-order valence-electron chi connectivity index (χ4n) is 2.11. The zero-order chi connectivity index (χ0) is 19.1. The molecule has 0 heterocycles. The molecule has 26 heavy (non-hydrogen) atoms. The lowest BCUT2D eigenvalue weighted by Gasteiger charge is -2.14. The van der Waals surface area contributed by atoms with E-state index in [1.807, 2.05) is 13.0 Å². The summed E-state index contributed by atoms with van der Waals surface area (Å²) in [7, 11) is 0. The van der Waals surface area contributed by atoms with Gasteiger partial charge in [0.15, 0.2) is 6.10 Å². The van der Waals surface area contributed by atoms with Crippen LogP contribution < -0.4 is 10.6 Å². The van der Waals surface area contributed by atoms with Gasteiger partial charge in [-0.15, -0.1) is 0 Å². The van der Waals surface area contributed by atoms with Crippen molar-refractivity contribution in [2.24, 2.45) is 0 Å². The van der Waals surface area contributed by atoms with Crippen LogP contribution in [-0.4, -0.2) is 30.4 Å². The van der Waals surface area contributed by atoms with Crippen molar-refractivity contribution in [3.05, 3.63) is 65.5 Å². The SMILES string of the molecule is Cc1cccc(C(=O)NCC(=O)O[C@H](C)C(=O)Nc2ccc(F)cc2)c1. The second kappa shape index (κ2) is 8.75. The number of halogens is 1. The van der Waals surface area contributed by atoms with Crippen molar-refractivity contribution in [3.8, 4) is 0 Å². The molecule has 6 nitrogen and oxygen atoms in total. The van der Waals surface area contributed by atoms with E-state index in [0.717, 1.165) is 5.56 Å². The summed E-state index contributed by atoms with van der Waals surface area (Å²) in [5.74, 6) is -2.14. The number of rotatable bonds is 6. The van der Waals surface area contributed by atoms with E-state index < -0.39 is 29.7 Å². The Morgan fingerprint density at radius 3 is 2.46 bits per heavy atom. The molecule has 0 radical (unpaired) electrons. The fraction of sp³-hybridized carbons (Fsp3) is 0.211. The first kappa shape index (κ1) is 19.1. The molecule has 0 saturated carbocycles. The minimum Gasteiger partial charge on any atom is -0.451 e. The summed E-state index contributed by atoms with van der Waals surface area (Å²) in [5, 5.41) is 4.94. The van der Waals surface area contributed by atoms with Crippen LogP contribution >= 0.6 is 0 Å². The highest BCUT2D eigenvalue weighted by atomic mass is 19.1. The summed E-state index contributed by atoms with van der Waals surface area (Å²) in [4.78, 5) is 35.7. The molecule has 2 aromatic rings. The van der Waals surface area contributed by atoms with Crippen LogP contribution in [0.2, 0.25) is 0 Å². The average molecular weight is 358 g/mol. The largest absolute Gasteiger partial charge is 0.451 e. The third-order valence-electron chi connectivity index (χ3n) is 3.46. The maximum Gasteiger partial charge on any atom is 0.326 e. The van der Waals surface area contributed by atoms with E-state index in [1.165, 1.54) is 31.2 Å². The van der Waals surface area contributed by atoms with Gasteiger partial charge in [0.1, 0.15) is 12.4 Å². The molecule has 2 rings (SSSR count). The summed E-state index contributed by atoms with van der Waals surface area (Å²) >= 11 is 0. The number of anilines is 1. The summed E-state index contributed by atoms with van der Waals surface area (Å²) in [6, 6.07) is 12.1. The first-order valence-electron chi connectivity index (χ1n) is 7.96. The van der Waals surface area contributed by atoms with Crippen molar-refractivity contribution < 1.29 is 23.5 Å². The van der Waals surface area contributed by atoms with Gasteiger partial charge in [-0.2, -0.15) is 0 Å². The van der Waals surface area contributed by atoms with Crippen molar-refractivity contribution in [1.29, 1.82) is 0 Å². The molecule has 0 aromatic heterocycles. The summed E-state index contributed by atoms with van der Waals surface area (Å²) < 4.78 is 17.8. The van der Waals surface area contributed by atoms with Gasteiger partial charge in [-0.3, -0.25) is 14.4 Å². The number of hydrogen-bond acceptors (Lipinski definition) is 4. The average Bonchev–Trinajstić information content (AvgIpc) is 2.61. The van der Waals surface area contributed by atoms with E-state index in [1.54, 1.807) is 18.2 Å². The second-order valence-electron chi connectivity index (χ2n) is 5.68. The van der Waals surface area contributed by atoms with Crippen molar-refractivity contribution in [2.45, 2.75) is 20.0 Å². The number of amides is 2. The third kappa shape index (κ3) is 5.70. The lowest BCUT2D eigenvalue weighted by Crippen LogP contribution is -2.35. The molecule has 136 valence electrons. The minimum atomic E-state index is -1.07. The molecule has 0 unspecified atom stereocenters. The lowest BCUT2D eigenvalue weighted by atomic mass is 10.1. The molecule has 0 aliphatic heterocycles. The van der Waals surface area contributed by atoms with Crippen LogP contribution in [0.25, 0.3) is 0 Å².